The van der Waals surface area contributed by atoms with Gasteiger partial charge >= 0.3 is 18.5 Å². The summed E-state index contributed by atoms with van der Waals surface area (Å²) in [4.78, 5) is 43.3. The Hall–Kier alpha value is -5.14. The Bertz CT molecular complexity index is 3110. The Morgan fingerprint density at radius 1 is 0.662 bits per heavy atom. The summed E-state index contributed by atoms with van der Waals surface area (Å²) in [6, 6.07) is 19.0. The molecule has 3 heterocycles. The summed E-state index contributed by atoms with van der Waals surface area (Å²) in [5.41, 5.74) is 2.64. The van der Waals surface area contributed by atoms with Crippen LogP contribution in [-0.4, -0.2) is 111 Å². The number of fused-ring (bicyclic) bond motifs is 2. The fourth-order valence-corrected chi connectivity index (χ4v) is 9.62. The van der Waals surface area contributed by atoms with Crippen molar-refractivity contribution in [3.63, 3.8) is 0 Å². The topological polar surface area (TPSA) is 216 Å². The monoisotopic (exact) mass is 1150 g/mol. The van der Waals surface area contributed by atoms with Crippen LogP contribution in [-0.2, 0) is 50.0 Å². The van der Waals surface area contributed by atoms with Crippen molar-refractivity contribution in [2.75, 3.05) is 51.5 Å². The van der Waals surface area contributed by atoms with E-state index in [1.165, 1.54) is 30.3 Å². The van der Waals surface area contributed by atoms with Crippen molar-refractivity contribution in [3.05, 3.63) is 118 Å². The number of rotatable bonds is 16. The fraction of sp³-hybridized carbons (Fsp3) is 0.404. The van der Waals surface area contributed by atoms with Gasteiger partial charge in [0.05, 0.1) is 84.3 Å². The van der Waals surface area contributed by atoms with Crippen LogP contribution in [0, 0.1) is 7.43 Å². The molecule has 0 aliphatic carbocycles. The minimum atomic E-state index is -3.46. The van der Waals surface area contributed by atoms with Crippen molar-refractivity contribution in [2.24, 2.45) is 0 Å². The first-order chi connectivity index (χ1) is 30.9. The number of nitrogens with one attached hydrogen (secondary N) is 2. The minimum Gasteiger partial charge on any atom is -0.493 e. The minimum absolute atomic E-state index is 0. The van der Waals surface area contributed by atoms with Crippen molar-refractivity contribution in [3.8, 4) is 23.0 Å². The predicted molar refractivity (Wildman–Crippen MR) is 261 cm³/mol. The average molecular weight is 1150 g/mol. The molecular weight excluding hydrogens is 1090 g/mol. The van der Waals surface area contributed by atoms with E-state index < -0.39 is 61.5 Å². The van der Waals surface area contributed by atoms with Crippen LogP contribution in [0.2, 0.25) is 0 Å². The van der Waals surface area contributed by atoms with Crippen LogP contribution >= 0.6 is 0 Å². The number of ketones is 1. The summed E-state index contributed by atoms with van der Waals surface area (Å²) in [5, 5.41) is 0. The van der Waals surface area contributed by atoms with Crippen molar-refractivity contribution in [1.82, 2.24) is 19.1 Å². The molecular formula is C47H60BN4O13S2W-. The molecule has 21 heteroatoms. The maximum Gasteiger partial charge on any atom is 0.494 e. The van der Waals surface area contributed by atoms with Gasteiger partial charge in [-0.2, -0.15) is 0 Å². The smallest absolute Gasteiger partial charge is 0.493 e. The van der Waals surface area contributed by atoms with Crippen LogP contribution in [0.3, 0.4) is 0 Å². The van der Waals surface area contributed by atoms with Gasteiger partial charge in [-0.1, -0.05) is 18.2 Å². The number of benzene rings is 4. The largest absolute Gasteiger partial charge is 0.494 e. The number of hydrogen-bond acceptors (Lipinski definition) is 13. The average Bonchev–Trinajstić information content (AvgIpc) is 3.82. The first kappa shape index (κ1) is 55.5. The van der Waals surface area contributed by atoms with Crippen LogP contribution in [0.15, 0.2) is 82.4 Å². The molecule has 0 spiro atoms. The maximum absolute atomic E-state index is 13.2. The quantitative estimate of drug-likeness (QED) is 0.0678. The number of H-pyrrole nitrogens is 2. The van der Waals surface area contributed by atoms with E-state index in [9.17, 15) is 31.2 Å². The zero-order chi connectivity index (χ0) is 48.5. The van der Waals surface area contributed by atoms with E-state index >= 15 is 0 Å². The van der Waals surface area contributed by atoms with Gasteiger partial charge in [0.2, 0.25) is 0 Å². The summed E-state index contributed by atoms with van der Waals surface area (Å²) in [6.45, 7) is 13.8. The van der Waals surface area contributed by atoms with Crippen LogP contribution in [0.1, 0.15) is 82.0 Å². The zero-order valence-corrected chi connectivity index (χ0v) is 45.0. The second-order valence-corrected chi connectivity index (χ2v) is 21.5. The molecule has 7 rings (SSSR count). The molecule has 2 aromatic heterocycles. The van der Waals surface area contributed by atoms with Gasteiger partial charge in [-0.3, -0.25) is 13.9 Å². The molecule has 2 atom stereocenters. The number of sulfone groups is 2. The van der Waals surface area contributed by atoms with Crippen LogP contribution in [0.5, 0.6) is 23.0 Å². The standard InChI is InChI=1S/C25H33BN2O7S.C21H24N2O6S.CH3.W/c1-8-33-22-13-16(9-12-21(22)32-6)20(15-36(7,30)31)28-19-11-10-17(14-18(19)27-23(28)29)26-34-24(2,3)25(4,5)35-26;1-5-29-20-11-15(7-9-19(20)28-3)18(12-30(4,26)27)23-17-8-6-14(13(2)24)10-16(17)22-21(23)25;;/h9-14,20H,8,15H2,1-7H3,(H,27,29);6-11,18H,5,12H2,1-4H3,(H,22,25);1H3;/q;;-1;/t20-;18-;;/m11../s1. The summed E-state index contributed by atoms with van der Waals surface area (Å²) in [5.74, 6) is 1.29. The fourth-order valence-electron chi connectivity index (χ4n) is 7.79. The number of carbonyl (C=O) groups excluding carboxylic acids is 1. The third-order valence-corrected chi connectivity index (χ3v) is 13.5. The van der Waals surface area contributed by atoms with Gasteiger partial charge in [0, 0.05) is 39.1 Å². The van der Waals surface area contributed by atoms with Crippen molar-refractivity contribution >= 4 is 60.1 Å². The van der Waals surface area contributed by atoms with E-state index in [4.69, 9.17) is 28.3 Å². The van der Waals surface area contributed by atoms with Gasteiger partial charge in [0.15, 0.2) is 28.8 Å². The molecule has 0 amide bonds. The second-order valence-electron chi connectivity index (χ2n) is 17.2. The van der Waals surface area contributed by atoms with Crippen molar-refractivity contribution in [1.29, 1.82) is 0 Å². The molecule has 0 saturated carbocycles. The molecule has 1 saturated heterocycles. The van der Waals surface area contributed by atoms with Crippen molar-refractivity contribution < 1.29 is 71.0 Å². The Morgan fingerprint density at radius 2 is 1.07 bits per heavy atom. The van der Waals surface area contributed by atoms with Gasteiger partial charge < -0.3 is 45.7 Å². The summed E-state index contributed by atoms with van der Waals surface area (Å²) in [6.07, 6.45) is 2.28. The van der Waals surface area contributed by atoms with Gasteiger partial charge in [0.1, 0.15) is 19.7 Å². The summed E-state index contributed by atoms with van der Waals surface area (Å²) in [7, 11) is -4.44. The molecule has 1 aliphatic rings. The summed E-state index contributed by atoms with van der Waals surface area (Å²) < 4.78 is 86.4. The Balaban J connectivity index is 0.000000293. The zero-order valence-electron chi connectivity index (χ0n) is 40.4. The molecule has 2 N–H and O–H groups in total. The van der Waals surface area contributed by atoms with E-state index in [1.54, 1.807) is 60.7 Å². The van der Waals surface area contributed by atoms with Gasteiger partial charge in [-0.15, -0.1) is 0 Å². The van der Waals surface area contributed by atoms with Gasteiger partial charge in [-0.05, 0) is 120 Å². The molecule has 0 bridgehead atoms. The third kappa shape index (κ3) is 12.2. The van der Waals surface area contributed by atoms with Gasteiger partial charge in [-0.25, -0.2) is 26.4 Å². The third-order valence-electron chi connectivity index (χ3n) is 11.7. The first-order valence-electron chi connectivity index (χ1n) is 21.2. The van der Waals surface area contributed by atoms with E-state index in [0.29, 0.717) is 75.0 Å². The maximum atomic E-state index is 13.2. The number of Topliss-reactive ketones (excluding diaryl/α,β-unsaturated/α-hetero) is 1. The van der Waals surface area contributed by atoms with Crippen LogP contribution in [0.25, 0.3) is 22.1 Å². The Morgan fingerprint density at radius 3 is 1.46 bits per heavy atom. The summed E-state index contributed by atoms with van der Waals surface area (Å²) >= 11 is 0. The number of hydrogen-bond donors (Lipinski definition) is 2. The molecule has 4 aromatic carbocycles. The number of aromatic amines is 2. The van der Waals surface area contributed by atoms with Crippen LogP contribution < -0.4 is 35.8 Å². The molecule has 1 fully saturated rings. The second kappa shape index (κ2) is 21.7. The number of carbonyl (C=O) groups is 1. The van der Waals surface area contributed by atoms with E-state index in [-0.39, 0.29) is 45.8 Å². The number of imidazole rings is 2. The first-order valence-corrected chi connectivity index (χ1v) is 25.3. The molecule has 0 unspecified atom stereocenters. The van der Waals surface area contributed by atoms with E-state index in [1.807, 2.05) is 53.7 Å². The number of ether oxygens (including phenoxy) is 4. The van der Waals surface area contributed by atoms with E-state index in [2.05, 4.69) is 9.97 Å². The number of nitrogens with zero attached hydrogens (tertiary/aromatic N) is 2. The number of methoxy groups -OCH3 is 2. The molecule has 368 valence electrons. The molecule has 1 aliphatic heterocycles. The number of aromatic nitrogens is 4. The molecule has 6 aromatic rings. The predicted octanol–water partition coefficient (Wildman–Crippen LogP) is 5.69. The molecule has 68 heavy (non-hydrogen) atoms. The van der Waals surface area contributed by atoms with Gasteiger partial charge in [0.25, 0.3) is 0 Å². The Labute approximate surface area is 412 Å². The van der Waals surface area contributed by atoms with Crippen LogP contribution in [0.4, 0.5) is 0 Å². The van der Waals surface area contributed by atoms with Crippen molar-refractivity contribution in [2.45, 2.75) is 71.8 Å². The molecule has 17 nitrogen and oxygen atoms in total. The van der Waals surface area contributed by atoms with E-state index in [0.717, 1.165) is 18.0 Å². The Kier molecular flexibility index (Phi) is 17.7. The normalized spacial score (nSPS) is 15.1. The SMILES string of the molecule is CCOc1cc([C@@H](CS(C)(=O)=O)n2c(=O)[nH]c3cc(B4OC(C)(C)C(C)(C)O4)ccc32)ccc1OC.CCOc1cc([C@@H](CS(C)(=O)=O)n2c(=O)[nH]c3cc(C(C)=O)ccc32)ccc1OC.[CH3-].[W]. The molecule has 0 radical (unpaired) electrons.